The van der Waals surface area contributed by atoms with Crippen molar-refractivity contribution < 1.29 is 9.59 Å². The summed E-state index contributed by atoms with van der Waals surface area (Å²) in [6.45, 7) is 0.400. The molecule has 36 heavy (non-hydrogen) atoms. The fraction of sp³-hybridized carbons (Fsp3) is 0.185. The molecule has 182 valence electrons. The standard InChI is InChI=1S/C27H23Cl2N5O2/c28-20-7-11-22(12-8-20)31-26(35)18-27(36)34-24(19-5-2-1-3-6-19)17-25(32-34)33(16-4-15-30)23-13-9-21(29)10-14-23/h1-3,5-14,24H,4,16-18H2,(H,31,35)/t24-/m0/s1. The average molecular weight is 520 g/mol. The Labute approximate surface area is 219 Å². The maximum Gasteiger partial charge on any atom is 0.252 e. The number of nitrogens with one attached hydrogen (secondary N) is 1. The Balaban J connectivity index is 1.59. The predicted octanol–water partition coefficient (Wildman–Crippen LogP) is 6.03. The number of amides is 2. The van der Waals surface area contributed by atoms with Crippen LogP contribution in [0.2, 0.25) is 10.0 Å². The second-order valence-electron chi connectivity index (χ2n) is 8.15. The Morgan fingerprint density at radius 1 is 1.00 bits per heavy atom. The molecule has 0 aliphatic carbocycles. The highest BCUT2D eigenvalue weighted by molar-refractivity contribution is 6.31. The molecule has 1 N–H and O–H groups in total. The lowest BCUT2D eigenvalue weighted by Gasteiger charge is -2.23. The maximum atomic E-state index is 13.3. The van der Waals surface area contributed by atoms with Gasteiger partial charge in [-0.3, -0.25) is 9.59 Å². The highest BCUT2D eigenvalue weighted by Crippen LogP contribution is 2.34. The number of halogens is 2. The summed E-state index contributed by atoms with van der Waals surface area (Å²) in [6, 6.07) is 25.2. The molecule has 0 saturated carbocycles. The Morgan fingerprint density at radius 2 is 1.64 bits per heavy atom. The summed E-state index contributed by atoms with van der Waals surface area (Å²) in [5, 5.41) is 19.1. The molecule has 1 heterocycles. The smallest absolute Gasteiger partial charge is 0.252 e. The van der Waals surface area contributed by atoms with Crippen molar-refractivity contribution in [3.05, 3.63) is 94.5 Å². The number of hydrogen-bond acceptors (Lipinski definition) is 5. The van der Waals surface area contributed by atoms with Crippen molar-refractivity contribution in [2.75, 3.05) is 16.8 Å². The summed E-state index contributed by atoms with van der Waals surface area (Å²) < 4.78 is 0. The van der Waals surface area contributed by atoms with Crippen molar-refractivity contribution in [1.29, 1.82) is 5.26 Å². The molecule has 0 spiro atoms. The number of hydrazone groups is 1. The zero-order chi connectivity index (χ0) is 25.5. The molecule has 9 heteroatoms. The van der Waals surface area contributed by atoms with E-state index in [0.717, 1.165) is 11.3 Å². The van der Waals surface area contributed by atoms with E-state index < -0.39 is 11.8 Å². The number of benzene rings is 3. The van der Waals surface area contributed by atoms with Gasteiger partial charge in [0.25, 0.3) is 5.91 Å². The van der Waals surface area contributed by atoms with Crippen LogP contribution in [0.1, 0.15) is 30.9 Å². The van der Waals surface area contributed by atoms with Crippen molar-refractivity contribution in [3.8, 4) is 6.07 Å². The number of hydrogen-bond donors (Lipinski definition) is 1. The van der Waals surface area contributed by atoms with E-state index in [1.54, 1.807) is 36.4 Å². The van der Waals surface area contributed by atoms with E-state index >= 15 is 0 Å². The minimum absolute atomic E-state index is 0.273. The molecule has 0 bridgehead atoms. The van der Waals surface area contributed by atoms with Crippen LogP contribution < -0.4 is 10.2 Å². The summed E-state index contributed by atoms with van der Waals surface area (Å²) in [4.78, 5) is 27.8. The van der Waals surface area contributed by atoms with Crippen LogP contribution in [-0.4, -0.2) is 29.2 Å². The van der Waals surface area contributed by atoms with Crippen molar-refractivity contribution in [3.63, 3.8) is 0 Å². The molecule has 0 fully saturated rings. The van der Waals surface area contributed by atoms with E-state index in [2.05, 4.69) is 16.5 Å². The third-order valence-electron chi connectivity index (χ3n) is 5.67. The fourth-order valence-electron chi connectivity index (χ4n) is 3.97. The summed E-state index contributed by atoms with van der Waals surface area (Å²) in [6.07, 6.45) is 0.333. The van der Waals surface area contributed by atoms with Gasteiger partial charge in [-0.2, -0.15) is 10.4 Å². The molecule has 0 aromatic heterocycles. The predicted molar refractivity (Wildman–Crippen MR) is 142 cm³/mol. The normalized spacial score (nSPS) is 14.6. The van der Waals surface area contributed by atoms with E-state index in [9.17, 15) is 14.9 Å². The molecule has 1 aliphatic heterocycles. The second kappa shape index (κ2) is 11.7. The Bertz CT molecular complexity index is 1290. The zero-order valence-electron chi connectivity index (χ0n) is 19.3. The Kier molecular flexibility index (Phi) is 8.21. The molecular formula is C27H23Cl2N5O2. The molecule has 3 aromatic rings. The molecule has 0 saturated heterocycles. The van der Waals surface area contributed by atoms with E-state index in [1.165, 1.54) is 5.01 Å². The first-order chi connectivity index (χ1) is 17.4. The molecule has 7 nitrogen and oxygen atoms in total. The second-order valence-corrected chi connectivity index (χ2v) is 9.03. The van der Waals surface area contributed by atoms with Gasteiger partial charge in [-0.25, -0.2) is 5.01 Å². The number of rotatable bonds is 7. The number of carbonyl (C=O) groups is 2. The quantitative estimate of drug-likeness (QED) is 0.386. The molecule has 0 radical (unpaired) electrons. The van der Waals surface area contributed by atoms with Gasteiger partial charge in [0.05, 0.1) is 18.5 Å². The Hall–Kier alpha value is -3.86. The van der Waals surface area contributed by atoms with Crippen molar-refractivity contribution >= 4 is 52.2 Å². The summed E-state index contributed by atoms with van der Waals surface area (Å²) in [7, 11) is 0. The van der Waals surface area contributed by atoms with Crippen molar-refractivity contribution in [1.82, 2.24) is 5.01 Å². The van der Waals surface area contributed by atoms with Gasteiger partial charge in [-0.05, 0) is 54.1 Å². The van der Waals surface area contributed by atoms with Crippen LogP contribution in [-0.2, 0) is 9.59 Å². The monoisotopic (exact) mass is 519 g/mol. The van der Waals surface area contributed by atoms with Crippen molar-refractivity contribution in [2.45, 2.75) is 25.3 Å². The highest BCUT2D eigenvalue weighted by Gasteiger charge is 2.35. The third kappa shape index (κ3) is 6.22. The van der Waals surface area contributed by atoms with Gasteiger partial charge in [0.2, 0.25) is 5.91 Å². The van der Waals surface area contributed by atoms with Gasteiger partial charge in [-0.1, -0.05) is 53.5 Å². The minimum Gasteiger partial charge on any atom is -0.327 e. The van der Waals surface area contributed by atoms with Crippen LogP contribution in [0, 0.1) is 11.3 Å². The van der Waals surface area contributed by atoms with Gasteiger partial charge in [0, 0.05) is 34.4 Å². The van der Waals surface area contributed by atoms with Gasteiger partial charge < -0.3 is 10.2 Å². The number of nitriles is 1. The number of carbonyl (C=O) groups excluding carboxylic acids is 2. The summed E-state index contributed by atoms with van der Waals surface area (Å²) in [5.41, 5.74) is 2.27. The van der Waals surface area contributed by atoms with E-state index in [4.69, 9.17) is 23.2 Å². The van der Waals surface area contributed by atoms with E-state index in [0.29, 0.717) is 34.5 Å². The molecule has 1 atom stereocenters. The van der Waals surface area contributed by atoms with Crippen LogP contribution in [0.5, 0.6) is 0 Å². The lowest BCUT2D eigenvalue weighted by atomic mass is 10.0. The first-order valence-electron chi connectivity index (χ1n) is 11.3. The number of anilines is 2. The largest absolute Gasteiger partial charge is 0.327 e. The molecular weight excluding hydrogens is 497 g/mol. The van der Waals surface area contributed by atoms with Crippen LogP contribution >= 0.6 is 23.2 Å². The lowest BCUT2D eigenvalue weighted by molar-refractivity contribution is -0.136. The molecule has 3 aromatic carbocycles. The van der Waals surface area contributed by atoms with Gasteiger partial charge in [0.1, 0.15) is 12.3 Å². The van der Waals surface area contributed by atoms with Gasteiger partial charge in [0.15, 0.2) is 0 Å². The van der Waals surface area contributed by atoms with Crippen LogP contribution in [0.15, 0.2) is 84.0 Å². The lowest BCUT2D eigenvalue weighted by Crippen LogP contribution is -2.31. The summed E-state index contributed by atoms with van der Waals surface area (Å²) in [5.74, 6) is -0.244. The van der Waals surface area contributed by atoms with E-state index in [-0.39, 0.29) is 18.9 Å². The first kappa shape index (κ1) is 25.2. The average Bonchev–Trinajstić information content (AvgIpc) is 3.33. The number of amidine groups is 1. The van der Waals surface area contributed by atoms with Gasteiger partial charge in [-0.15, -0.1) is 0 Å². The molecule has 1 aliphatic rings. The summed E-state index contributed by atoms with van der Waals surface area (Å²) >= 11 is 12.0. The Morgan fingerprint density at radius 3 is 2.28 bits per heavy atom. The number of nitrogens with zero attached hydrogens (tertiary/aromatic N) is 4. The topological polar surface area (TPSA) is 88.8 Å². The highest BCUT2D eigenvalue weighted by atomic mass is 35.5. The third-order valence-corrected chi connectivity index (χ3v) is 6.17. The molecule has 0 unspecified atom stereocenters. The minimum atomic E-state index is -0.447. The maximum absolute atomic E-state index is 13.3. The fourth-order valence-corrected chi connectivity index (χ4v) is 4.22. The van der Waals surface area contributed by atoms with Crippen molar-refractivity contribution in [2.24, 2.45) is 5.10 Å². The molecule has 2 amide bonds. The van der Waals surface area contributed by atoms with Crippen LogP contribution in [0.25, 0.3) is 0 Å². The van der Waals surface area contributed by atoms with Crippen LogP contribution in [0.4, 0.5) is 11.4 Å². The SMILES string of the molecule is N#CCCN(C1=NN(C(=O)CC(=O)Nc2ccc(Cl)cc2)[C@H](c2ccccc2)C1)c1ccc(Cl)cc1. The van der Waals surface area contributed by atoms with E-state index in [1.807, 2.05) is 47.4 Å². The molecule has 4 rings (SSSR count). The van der Waals surface area contributed by atoms with Crippen LogP contribution in [0.3, 0.4) is 0 Å². The van der Waals surface area contributed by atoms with Gasteiger partial charge >= 0.3 is 0 Å². The first-order valence-corrected chi connectivity index (χ1v) is 12.1. The zero-order valence-corrected chi connectivity index (χ0v) is 20.8.